The zero-order valence-corrected chi connectivity index (χ0v) is 17.4. The third-order valence-corrected chi connectivity index (χ3v) is 6.91. The molecule has 4 unspecified atom stereocenters. The molecule has 0 bridgehead atoms. The number of allylic oxidation sites excluding steroid dienone is 4. The zero-order chi connectivity index (χ0) is 18.6. The predicted molar refractivity (Wildman–Crippen MR) is 109 cm³/mol. The third-order valence-electron chi connectivity index (χ3n) is 5.66. The standard InChI is InChI=1S/C22H36O2S/c1-14(2)6-7-16(5)19-12-21(24)22(13-20(19)23)25-18-10-8-17(9-11-18)15(3)4/h8,10,13-16,19-21,23-24H,6-7,9,11-12H2,1-5H3. The Kier molecular flexibility index (Phi) is 7.85. The van der Waals surface area contributed by atoms with Crippen LogP contribution in [0, 0.1) is 23.7 Å². The van der Waals surface area contributed by atoms with Crippen molar-refractivity contribution in [3.05, 3.63) is 33.6 Å². The number of rotatable bonds is 7. The van der Waals surface area contributed by atoms with Gasteiger partial charge < -0.3 is 10.2 Å². The summed E-state index contributed by atoms with van der Waals surface area (Å²) in [6.45, 7) is 11.2. The fraction of sp³-hybridized carbons (Fsp3) is 0.727. The molecule has 2 nitrogen and oxygen atoms in total. The molecule has 0 aromatic heterocycles. The molecule has 0 saturated carbocycles. The first-order valence-corrected chi connectivity index (χ1v) is 10.7. The summed E-state index contributed by atoms with van der Waals surface area (Å²) >= 11 is 1.67. The van der Waals surface area contributed by atoms with Gasteiger partial charge in [-0.3, -0.25) is 0 Å². The number of thioether (sulfide) groups is 1. The number of hydrogen-bond donors (Lipinski definition) is 2. The van der Waals surface area contributed by atoms with Crippen molar-refractivity contribution in [3.8, 4) is 0 Å². The highest BCUT2D eigenvalue weighted by Gasteiger charge is 2.33. The van der Waals surface area contributed by atoms with Crippen LogP contribution in [0.5, 0.6) is 0 Å². The van der Waals surface area contributed by atoms with Crippen molar-refractivity contribution in [2.45, 2.75) is 78.9 Å². The Hall–Kier alpha value is -0.510. The van der Waals surface area contributed by atoms with E-state index >= 15 is 0 Å². The molecule has 0 aromatic rings. The molecule has 0 fully saturated rings. The van der Waals surface area contributed by atoms with Crippen LogP contribution in [-0.4, -0.2) is 22.4 Å². The van der Waals surface area contributed by atoms with Crippen molar-refractivity contribution in [1.82, 2.24) is 0 Å². The van der Waals surface area contributed by atoms with E-state index in [1.807, 2.05) is 6.08 Å². The smallest absolute Gasteiger partial charge is 0.0853 e. The van der Waals surface area contributed by atoms with Gasteiger partial charge in [0.2, 0.25) is 0 Å². The molecule has 3 heteroatoms. The lowest BCUT2D eigenvalue weighted by molar-refractivity contribution is 0.0567. The third kappa shape index (κ3) is 6.01. The number of aliphatic hydroxyl groups excluding tert-OH is 2. The molecule has 4 atom stereocenters. The molecular weight excluding hydrogens is 328 g/mol. The minimum Gasteiger partial charge on any atom is -0.389 e. The van der Waals surface area contributed by atoms with Gasteiger partial charge in [-0.25, -0.2) is 0 Å². The van der Waals surface area contributed by atoms with Crippen molar-refractivity contribution >= 4 is 11.8 Å². The Morgan fingerprint density at radius 1 is 1.04 bits per heavy atom. The molecule has 142 valence electrons. The van der Waals surface area contributed by atoms with Crippen molar-refractivity contribution in [3.63, 3.8) is 0 Å². The molecule has 0 amide bonds. The molecular formula is C22H36O2S. The molecule has 0 heterocycles. The number of aliphatic hydroxyl groups is 2. The lowest BCUT2D eigenvalue weighted by Crippen LogP contribution is -2.34. The van der Waals surface area contributed by atoms with Gasteiger partial charge in [0.25, 0.3) is 0 Å². The molecule has 2 aliphatic rings. The van der Waals surface area contributed by atoms with Crippen molar-refractivity contribution in [2.24, 2.45) is 23.7 Å². The van der Waals surface area contributed by atoms with E-state index in [0.29, 0.717) is 24.2 Å². The summed E-state index contributed by atoms with van der Waals surface area (Å²) < 4.78 is 0. The summed E-state index contributed by atoms with van der Waals surface area (Å²) in [5.74, 6) is 1.92. The van der Waals surface area contributed by atoms with Crippen LogP contribution in [-0.2, 0) is 0 Å². The normalized spacial score (nSPS) is 28.7. The van der Waals surface area contributed by atoms with E-state index in [0.717, 1.165) is 24.2 Å². The summed E-state index contributed by atoms with van der Waals surface area (Å²) in [6.07, 6.45) is 10.6. The van der Waals surface area contributed by atoms with E-state index in [2.05, 4.69) is 46.8 Å². The van der Waals surface area contributed by atoms with Gasteiger partial charge in [0.15, 0.2) is 0 Å². The van der Waals surface area contributed by atoms with E-state index in [9.17, 15) is 10.2 Å². The Labute approximate surface area is 158 Å². The van der Waals surface area contributed by atoms with Gasteiger partial charge in [0.1, 0.15) is 0 Å². The SMILES string of the molecule is CC(C)CCC(C)C1CC(O)C(SC2=CC=C(C(C)C)CC2)=CC1O. The van der Waals surface area contributed by atoms with Crippen molar-refractivity contribution in [1.29, 1.82) is 0 Å². The molecule has 2 aliphatic carbocycles. The maximum atomic E-state index is 10.6. The van der Waals surface area contributed by atoms with Gasteiger partial charge in [-0.15, -0.1) is 0 Å². The molecule has 0 aromatic carbocycles. The van der Waals surface area contributed by atoms with E-state index in [1.165, 1.54) is 16.9 Å². The summed E-state index contributed by atoms with van der Waals surface area (Å²) in [5, 5.41) is 21.2. The summed E-state index contributed by atoms with van der Waals surface area (Å²) in [7, 11) is 0. The molecule has 25 heavy (non-hydrogen) atoms. The van der Waals surface area contributed by atoms with Crippen LogP contribution in [0.4, 0.5) is 0 Å². The van der Waals surface area contributed by atoms with Gasteiger partial charge in [-0.1, -0.05) is 76.9 Å². The first-order chi connectivity index (χ1) is 11.8. The van der Waals surface area contributed by atoms with Gasteiger partial charge >= 0.3 is 0 Å². The van der Waals surface area contributed by atoms with Gasteiger partial charge in [-0.2, -0.15) is 0 Å². The van der Waals surface area contributed by atoms with Crippen LogP contribution in [0.15, 0.2) is 33.6 Å². The Morgan fingerprint density at radius 3 is 2.32 bits per heavy atom. The highest BCUT2D eigenvalue weighted by atomic mass is 32.2. The van der Waals surface area contributed by atoms with Gasteiger partial charge in [-0.05, 0) is 53.9 Å². The molecule has 0 aliphatic heterocycles. The average molecular weight is 365 g/mol. The topological polar surface area (TPSA) is 40.5 Å². The van der Waals surface area contributed by atoms with Crippen LogP contribution in [0.1, 0.15) is 66.7 Å². The molecule has 0 spiro atoms. The first-order valence-electron chi connectivity index (χ1n) is 9.93. The molecule has 2 rings (SSSR count). The molecule has 2 N–H and O–H groups in total. The summed E-state index contributed by atoms with van der Waals surface area (Å²) in [4.78, 5) is 2.24. The minimum atomic E-state index is -0.434. The second kappa shape index (κ2) is 9.43. The molecule has 0 saturated heterocycles. The van der Waals surface area contributed by atoms with Crippen LogP contribution in [0.3, 0.4) is 0 Å². The van der Waals surface area contributed by atoms with E-state index in [-0.39, 0.29) is 5.92 Å². The van der Waals surface area contributed by atoms with Gasteiger partial charge in [0, 0.05) is 4.91 Å². The Balaban J connectivity index is 1.98. The van der Waals surface area contributed by atoms with E-state index < -0.39 is 12.2 Å². The monoisotopic (exact) mass is 364 g/mol. The highest BCUT2D eigenvalue weighted by Crippen LogP contribution is 2.41. The summed E-state index contributed by atoms with van der Waals surface area (Å²) in [6, 6.07) is 0. The number of hydrogen-bond acceptors (Lipinski definition) is 3. The average Bonchev–Trinajstić information content (AvgIpc) is 2.56. The second-order valence-corrected chi connectivity index (χ2v) is 9.75. The van der Waals surface area contributed by atoms with Crippen LogP contribution >= 0.6 is 11.8 Å². The minimum absolute atomic E-state index is 0.172. The largest absolute Gasteiger partial charge is 0.389 e. The predicted octanol–water partition coefficient (Wildman–Crippen LogP) is 5.68. The Morgan fingerprint density at radius 2 is 1.76 bits per heavy atom. The first kappa shape index (κ1) is 20.8. The fourth-order valence-electron chi connectivity index (χ4n) is 3.75. The lowest BCUT2D eigenvalue weighted by Gasteiger charge is -2.34. The maximum Gasteiger partial charge on any atom is 0.0853 e. The zero-order valence-electron chi connectivity index (χ0n) is 16.5. The highest BCUT2D eigenvalue weighted by molar-refractivity contribution is 8.06. The van der Waals surface area contributed by atoms with E-state index in [1.54, 1.807) is 11.8 Å². The second-order valence-electron chi connectivity index (χ2n) is 8.55. The van der Waals surface area contributed by atoms with E-state index in [4.69, 9.17) is 0 Å². The van der Waals surface area contributed by atoms with Gasteiger partial charge in [0.05, 0.1) is 12.2 Å². The van der Waals surface area contributed by atoms with Crippen LogP contribution in [0.25, 0.3) is 0 Å². The molecule has 0 radical (unpaired) electrons. The Bertz CT molecular complexity index is 530. The van der Waals surface area contributed by atoms with Crippen molar-refractivity contribution in [2.75, 3.05) is 0 Å². The van der Waals surface area contributed by atoms with Crippen molar-refractivity contribution < 1.29 is 10.2 Å². The quantitative estimate of drug-likeness (QED) is 0.611. The van der Waals surface area contributed by atoms with Crippen LogP contribution in [0.2, 0.25) is 0 Å². The fourth-order valence-corrected chi connectivity index (χ4v) is 4.83. The van der Waals surface area contributed by atoms with Crippen LogP contribution < -0.4 is 0 Å². The summed E-state index contributed by atoms with van der Waals surface area (Å²) in [5.41, 5.74) is 1.50. The maximum absolute atomic E-state index is 10.6. The lowest BCUT2D eigenvalue weighted by atomic mass is 9.78.